The molecule has 10 heavy (non-hydrogen) atoms. The summed E-state index contributed by atoms with van der Waals surface area (Å²) in [6.07, 6.45) is 5.53. The molecule has 0 atom stereocenters. The Bertz CT molecular complexity index is 86.7. The summed E-state index contributed by atoms with van der Waals surface area (Å²) in [5.41, 5.74) is 0. The summed E-state index contributed by atoms with van der Waals surface area (Å²) in [5, 5.41) is 0. The average molecular weight is 140 g/mol. The van der Waals surface area contributed by atoms with Crippen molar-refractivity contribution in [3.05, 3.63) is 6.92 Å². The highest BCUT2D eigenvalue weighted by Crippen LogP contribution is 2.24. The number of rotatable bonds is 4. The van der Waals surface area contributed by atoms with E-state index < -0.39 is 0 Å². The van der Waals surface area contributed by atoms with Gasteiger partial charge in [-0.05, 0) is 39.3 Å². The first-order valence-corrected chi connectivity index (χ1v) is 4.41. The third-order valence-corrected chi connectivity index (χ3v) is 2.39. The zero-order chi connectivity index (χ0) is 7.40. The summed E-state index contributed by atoms with van der Waals surface area (Å²) in [6, 6.07) is 0.887. The van der Waals surface area contributed by atoms with Gasteiger partial charge >= 0.3 is 0 Å². The van der Waals surface area contributed by atoms with Crippen LogP contribution < -0.4 is 0 Å². The minimum atomic E-state index is 0.887. The SMILES string of the molecule is [CH2]CN(CCC)C1CCC1. The Morgan fingerprint density at radius 2 is 2.20 bits per heavy atom. The monoisotopic (exact) mass is 140 g/mol. The maximum Gasteiger partial charge on any atom is 0.00952 e. The van der Waals surface area contributed by atoms with Crippen LogP contribution in [0.2, 0.25) is 0 Å². The van der Waals surface area contributed by atoms with E-state index >= 15 is 0 Å². The molecule has 0 aromatic heterocycles. The lowest BCUT2D eigenvalue weighted by Gasteiger charge is -2.36. The molecule has 0 amide bonds. The summed E-state index contributed by atoms with van der Waals surface area (Å²) in [4.78, 5) is 2.50. The van der Waals surface area contributed by atoms with Crippen LogP contribution in [0.25, 0.3) is 0 Å². The topological polar surface area (TPSA) is 3.24 Å². The maximum absolute atomic E-state index is 3.93. The largest absolute Gasteiger partial charge is 0.300 e. The summed E-state index contributed by atoms with van der Waals surface area (Å²) in [6.45, 7) is 8.41. The molecule has 1 aliphatic rings. The van der Waals surface area contributed by atoms with Gasteiger partial charge in [-0.1, -0.05) is 13.3 Å². The van der Waals surface area contributed by atoms with Gasteiger partial charge < -0.3 is 4.90 Å². The standard InChI is InChI=1S/C9H18N/c1-3-8-10(4-2)9-6-5-7-9/h9H,2-8H2,1H3. The predicted molar refractivity (Wildman–Crippen MR) is 44.9 cm³/mol. The molecule has 1 radical (unpaired) electrons. The first-order valence-electron chi connectivity index (χ1n) is 4.41. The van der Waals surface area contributed by atoms with Gasteiger partial charge in [0, 0.05) is 6.04 Å². The summed E-state index contributed by atoms with van der Waals surface area (Å²) in [5.74, 6) is 0. The molecule has 0 bridgehead atoms. The third-order valence-electron chi connectivity index (χ3n) is 2.39. The van der Waals surface area contributed by atoms with Crippen LogP contribution >= 0.6 is 0 Å². The molecule has 1 aliphatic carbocycles. The van der Waals surface area contributed by atoms with Crippen LogP contribution in [0.4, 0.5) is 0 Å². The average Bonchev–Trinajstić information content (AvgIpc) is 1.83. The fourth-order valence-electron chi connectivity index (χ4n) is 1.52. The van der Waals surface area contributed by atoms with Gasteiger partial charge in [0.05, 0.1) is 0 Å². The molecule has 0 aliphatic heterocycles. The van der Waals surface area contributed by atoms with Crippen LogP contribution in [0, 0.1) is 6.92 Å². The first kappa shape index (κ1) is 8.06. The normalized spacial score (nSPS) is 19.5. The number of hydrogen-bond acceptors (Lipinski definition) is 1. The first-order chi connectivity index (χ1) is 4.88. The second-order valence-corrected chi connectivity index (χ2v) is 3.12. The van der Waals surface area contributed by atoms with Gasteiger partial charge in [0.2, 0.25) is 0 Å². The van der Waals surface area contributed by atoms with E-state index in [4.69, 9.17) is 0 Å². The Morgan fingerprint density at radius 3 is 2.50 bits per heavy atom. The molecule has 59 valence electrons. The zero-order valence-electron chi connectivity index (χ0n) is 6.97. The molecule has 1 nitrogen and oxygen atoms in total. The van der Waals surface area contributed by atoms with Gasteiger partial charge in [-0.25, -0.2) is 0 Å². The number of hydrogen-bond donors (Lipinski definition) is 0. The van der Waals surface area contributed by atoms with Gasteiger partial charge in [0.15, 0.2) is 0 Å². The smallest absolute Gasteiger partial charge is 0.00952 e. The van der Waals surface area contributed by atoms with Crippen LogP contribution in [-0.2, 0) is 0 Å². The van der Waals surface area contributed by atoms with E-state index in [0.717, 1.165) is 12.6 Å². The minimum Gasteiger partial charge on any atom is -0.300 e. The molecule has 1 saturated carbocycles. The summed E-state index contributed by atoms with van der Waals surface area (Å²) in [7, 11) is 0. The highest BCUT2D eigenvalue weighted by atomic mass is 15.2. The van der Waals surface area contributed by atoms with Crippen molar-refractivity contribution < 1.29 is 0 Å². The van der Waals surface area contributed by atoms with Crippen molar-refractivity contribution in [2.24, 2.45) is 0 Å². The van der Waals surface area contributed by atoms with Crippen molar-refractivity contribution >= 4 is 0 Å². The van der Waals surface area contributed by atoms with E-state index in [-0.39, 0.29) is 0 Å². The minimum absolute atomic E-state index is 0.887. The molecule has 0 heterocycles. The zero-order valence-corrected chi connectivity index (χ0v) is 6.97. The van der Waals surface area contributed by atoms with E-state index in [1.54, 1.807) is 0 Å². The van der Waals surface area contributed by atoms with Gasteiger partial charge in [-0.2, -0.15) is 0 Å². The van der Waals surface area contributed by atoms with Crippen molar-refractivity contribution in [1.82, 2.24) is 4.90 Å². The Kier molecular flexibility index (Phi) is 3.20. The van der Waals surface area contributed by atoms with E-state index in [2.05, 4.69) is 18.7 Å². The highest BCUT2D eigenvalue weighted by Gasteiger charge is 2.22. The van der Waals surface area contributed by atoms with E-state index in [1.165, 1.54) is 32.2 Å². The lowest BCUT2D eigenvalue weighted by atomic mass is 9.91. The molecule has 1 fully saturated rings. The summed E-state index contributed by atoms with van der Waals surface area (Å²) < 4.78 is 0. The maximum atomic E-state index is 3.93. The van der Waals surface area contributed by atoms with Crippen LogP contribution in [-0.4, -0.2) is 24.0 Å². The molecule has 0 unspecified atom stereocenters. The van der Waals surface area contributed by atoms with Crippen molar-refractivity contribution in [3.8, 4) is 0 Å². The van der Waals surface area contributed by atoms with Crippen molar-refractivity contribution in [2.45, 2.75) is 38.6 Å². The lowest BCUT2D eigenvalue weighted by molar-refractivity contribution is 0.141. The lowest BCUT2D eigenvalue weighted by Crippen LogP contribution is -2.40. The van der Waals surface area contributed by atoms with Crippen LogP contribution in [0.1, 0.15) is 32.6 Å². The molecule has 1 heteroatoms. The molecular weight excluding hydrogens is 122 g/mol. The number of nitrogens with zero attached hydrogens (tertiary/aromatic N) is 1. The Morgan fingerprint density at radius 1 is 1.50 bits per heavy atom. The van der Waals surface area contributed by atoms with Gasteiger partial charge in [0.25, 0.3) is 0 Å². The van der Waals surface area contributed by atoms with E-state index in [1.807, 2.05) is 0 Å². The Balaban J connectivity index is 2.17. The molecule has 1 rings (SSSR count). The van der Waals surface area contributed by atoms with E-state index in [0.29, 0.717) is 0 Å². The van der Waals surface area contributed by atoms with Gasteiger partial charge in [-0.3, -0.25) is 0 Å². The quantitative estimate of drug-likeness (QED) is 0.578. The molecule has 0 N–H and O–H groups in total. The van der Waals surface area contributed by atoms with Crippen molar-refractivity contribution in [1.29, 1.82) is 0 Å². The Hall–Kier alpha value is -0.0400. The fraction of sp³-hybridized carbons (Fsp3) is 0.889. The molecule has 0 aromatic carbocycles. The second-order valence-electron chi connectivity index (χ2n) is 3.12. The molecule has 0 aromatic rings. The molecule has 0 spiro atoms. The second kappa shape index (κ2) is 3.97. The van der Waals surface area contributed by atoms with Crippen molar-refractivity contribution in [2.75, 3.05) is 13.1 Å². The molecule has 0 saturated heterocycles. The third kappa shape index (κ3) is 1.72. The Labute approximate surface area is 64.4 Å². The van der Waals surface area contributed by atoms with Crippen LogP contribution in [0.15, 0.2) is 0 Å². The predicted octanol–water partition coefficient (Wildman–Crippen LogP) is 2.08. The molecular formula is C9H18N. The van der Waals surface area contributed by atoms with Crippen LogP contribution in [0.3, 0.4) is 0 Å². The summed E-state index contributed by atoms with van der Waals surface area (Å²) >= 11 is 0. The van der Waals surface area contributed by atoms with Gasteiger partial charge in [0.1, 0.15) is 0 Å². The van der Waals surface area contributed by atoms with E-state index in [9.17, 15) is 0 Å². The highest BCUT2D eigenvalue weighted by molar-refractivity contribution is 4.79. The van der Waals surface area contributed by atoms with Crippen molar-refractivity contribution in [3.63, 3.8) is 0 Å². The van der Waals surface area contributed by atoms with Crippen LogP contribution in [0.5, 0.6) is 0 Å². The van der Waals surface area contributed by atoms with Gasteiger partial charge in [-0.15, -0.1) is 0 Å². The fourth-order valence-corrected chi connectivity index (χ4v) is 1.52.